The van der Waals surface area contributed by atoms with Crippen molar-refractivity contribution in [2.75, 3.05) is 7.11 Å². The van der Waals surface area contributed by atoms with Crippen LogP contribution in [0.3, 0.4) is 0 Å². The van der Waals surface area contributed by atoms with E-state index in [0.717, 1.165) is 7.11 Å². The van der Waals surface area contributed by atoms with Crippen LogP contribution in [0.2, 0.25) is 0 Å². The van der Waals surface area contributed by atoms with E-state index in [1.165, 1.54) is 0 Å². The summed E-state index contributed by atoms with van der Waals surface area (Å²) in [6.45, 7) is 0. The van der Waals surface area contributed by atoms with Gasteiger partial charge >= 0.3 is 5.97 Å². The molecule has 0 aliphatic rings. The summed E-state index contributed by atoms with van der Waals surface area (Å²) < 4.78 is 42.0. The number of H-pyrrole nitrogens is 1. The summed E-state index contributed by atoms with van der Waals surface area (Å²) in [4.78, 5) is 23.9. The average Bonchev–Trinajstić information content (AvgIpc) is 2.15. The van der Waals surface area contributed by atoms with Gasteiger partial charge in [-0.05, 0) is 0 Å². The molecule has 88 valence electrons. The Labute approximate surface area is 88.0 Å². The summed E-state index contributed by atoms with van der Waals surface area (Å²) in [6, 6.07) is 0.405. The lowest BCUT2D eigenvalue weighted by Crippen LogP contribution is -2.18. The molecule has 1 rings (SSSR count). The molecule has 0 atom stereocenters. The second kappa shape index (κ2) is 4.82. The van der Waals surface area contributed by atoms with E-state index in [-0.39, 0.29) is 0 Å². The van der Waals surface area contributed by atoms with Gasteiger partial charge in [-0.15, -0.1) is 0 Å². The summed E-state index contributed by atoms with van der Waals surface area (Å²) >= 11 is 0. The first-order valence-electron chi connectivity index (χ1n) is 4.22. The first-order valence-corrected chi connectivity index (χ1v) is 4.22. The van der Waals surface area contributed by atoms with Gasteiger partial charge in [-0.2, -0.15) is 4.39 Å². The summed E-state index contributed by atoms with van der Waals surface area (Å²) in [7, 11) is 1.06. The van der Waals surface area contributed by atoms with Crippen LogP contribution in [0.5, 0.6) is 0 Å². The minimum Gasteiger partial charge on any atom is -0.469 e. The smallest absolute Gasteiger partial charge is 0.311 e. The molecule has 0 saturated heterocycles. The van der Waals surface area contributed by atoms with Gasteiger partial charge < -0.3 is 9.72 Å². The van der Waals surface area contributed by atoms with Gasteiger partial charge in [0, 0.05) is 11.8 Å². The first kappa shape index (κ1) is 12.3. The predicted molar refractivity (Wildman–Crippen MR) is 47.7 cm³/mol. The highest BCUT2D eigenvalue weighted by Crippen LogP contribution is 2.18. The minimum atomic E-state index is -3.08. The number of ether oxygens (including phenoxy) is 1. The van der Waals surface area contributed by atoms with Crippen molar-refractivity contribution in [2.24, 2.45) is 0 Å². The van der Waals surface area contributed by atoms with Gasteiger partial charge in [0.25, 0.3) is 6.43 Å². The van der Waals surface area contributed by atoms with E-state index >= 15 is 0 Å². The lowest BCUT2D eigenvalue weighted by molar-refractivity contribution is -0.139. The van der Waals surface area contributed by atoms with Gasteiger partial charge in [0.15, 0.2) is 11.4 Å². The molecule has 4 nitrogen and oxygen atoms in total. The highest BCUT2D eigenvalue weighted by molar-refractivity contribution is 5.72. The van der Waals surface area contributed by atoms with Crippen LogP contribution in [0.15, 0.2) is 10.9 Å². The van der Waals surface area contributed by atoms with Crippen LogP contribution < -0.4 is 5.43 Å². The number of alkyl halides is 2. The highest BCUT2D eigenvalue weighted by Gasteiger charge is 2.20. The fourth-order valence-electron chi connectivity index (χ4n) is 1.18. The molecule has 1 aromatic rings. The zero-order valence-corrected chi connectivity index (χ0v) is 8.22. The normalized spacial score (nSPS) is 10.6. The molecular weight excluding hydrogens is 227 g/mol. The van der Waals surface area contributed by atoms with Crippen LogP contribution in [0.25, 0.3) is 0 Å². The molecular formula is C9H8F3NO3. The summed E-state index contributed by atoms with van der Waals surface area (Å²) in [6.07, 6.45) is -3.69. The van der Waals surface area contributed by atoms with Crippen molar-refractivity contribution in [1.29, 1.82) is 0 Å². The second-order valence-electron chi connectivity index (χ2n) is 2.93. The molecule has 1 aromatic heterocycles. The largest absolute Gasteiger partial charge is 0.469 e. The molecule has 0 fully saturated rings. The maximum absolute atomic E-state index is 12.8. The van der Waals surface area contributed by atoms with Crippen molar-refractivity contribution >= 4 is 5.97 Å². The van der Waals surface area contributed by atoms with Crippen molar-refractivity contribution in [2.45, 2.75) is 12.8 Å². The molecule has 0 aliphatic carbocycles. The van der Waals surface area contributed by atoms with Gasteiger partial charge in [0.1, 0.15) is 0 Å². The van der Waals surface area contributed by atoms with E-state index < -0.39 is 41.4 Å². The molecule has 0 aromatic carbocycles. The second-order valence-corrected chi connectivity index (χ2v) is 2.93. The molecule has 1 heterocycles. The molecule has 0 saturated carbocycles. The molecule has 0 spiro atoms. The predicted octanol–water partition coefficient (Wildman–Crippen LogP) is 1.17. The number of hydrogen-bond acceptors (Lipinski definition) is 3. The van der Waals surface area contributed by atoms with E-state index in [1.807, 2.05) is 4.98 Å². The van der Waals surface area contributed by atoms with Crippen LogP contribution >= 0.6 is 0 Å². The Morgan fingerprint density at radius 2 is 2.19 bits per heavy atom. The summed E-state index contributed by atoms with van der Waals surface area (Å²) in [5.74, 6) is -1.92. The Bertz CT molecular complexity index is 456. The van der Waals surface area contributed by atoms with E-state index in [0.29, 0.717) is 6.07 Å². The number of methoxy groups -OCH3 is 1. The zero-order valence-electron chi connectivity index (χ0n) is 8.22. The third kappa shape index (κ3) is 2.62. The van der Waals surface area contributed by atoms with Crippen LogP contribution in [-0.2, 0) is 16.0 Å². The van der Waals surface area contributed by atoms with Crippen LogP contribution in [-0.4, -0.2) is 18.1 Å². The van der Waals surface area contributed by atoms with Crippen LogP contribution in [0, 0.1) is 5.95 Å². The Balaban J connectivity index is 3.24. The number of carbonyl (C=O) groups is 1. The van der Waals surface area contributed by atoms with Gasteiger partial charge in [-0.3, -0.25) is 9.59 Å². The van der Waals surface area contributed by atoms with Crippen molar-refractivity contribution in [3.05, 3.63) is 33.5 Å². The Morgan fingerprint density at radius 3 is 2.69 bits per heavy atom. The summed E-state index contributed by atoms with van der Waals surface area (Å²) in [5, 5.41) is 0. The van der Waals surface area contributed by atoms with E-state index in [2.05, 4.69) is 4.74 Å². The fourth-order valence-corrected chi connectivity index (χ4v) is 1.18. The SMILES string of the molecule is COC(=O)Cc1[nH]c(F)cc(=O)c1C(F)F. The maximum atomic E-state index is 12.8. The molecule has 0 aliphatic heterocycles. The number of carbonyl (C=O) groups excluding carboxylic acids is 1. The lowest BCUT2D eigenvalue weighted by Gasteiger charge is -2.07. The van der Waals surface area contributed by atoms with Crippen molar-refractivity contribution in [3.63, 3.8) is 0 Å². The number of aromatic nitrogens is 1. The van der Waals surface area contributed by atoms with E-state index in [1.54, 1.807) is 0 Å². The minimum absolute atomic E-state index is 0.405. The van der Waals surface area contributed by atoms with E-state index in [9.17, 15) is 22.8 Å². The molecule has 16 heavy (non-hydrogen) atoms. The number of pyridine rings is 1. The molecule has 0 amide bonds. The Morgan fingerprint density at radius 1 is 1.56 bits per heavy atom. The number of esters is 1. The number of nitrogens with one attached hydrogen (secondary N) is 1. The maximum Gasteiger partial charge on any atom is 0.311 e. The topological polar surface area (TPSA) is 59.2 Å². The molecule has 1 N–H and O–H groups in total. The van der Waals surface area contributed by atoms with Crippen LogP contribution in [0.4, 0.5) is 13.2 Å². The van der Waals surface area contributed by atoms with Gasteiger partial charge in [0.05, 0.1) is 19.1 Å². The summed E-state index contributed by atoms with van der Waals surface area (Å²) in [5.41, 5.74) is -2.52. The average molecular weight is 235 g/mol. The molecule has 0 radical (unpaired) electrons. The third-order valence-electron chi connectivity index (χ3n) is 1.89. The standard InChI is InChI=1S/C9H8F3NO3/c1-16-7(15)2-4-8(9(11)12)5(14)3-6(10)13-4/h3,9H,2H2,1H3,(H,13,14). The fraction of sp³-hybridized carbons (Fsp3) is 0.333. The monoisotopic (exact) mass is 235 g/mol. The Hall–Kier alpha value is -1.79. The quantitative estimate of drug-likeness (QED) is 0.631. The number of hydrogen-bond donors (Lipinski definition) is 1. The number of rotatable bonds is 3. The number of aromatic amines is 1. The van der Waals surface area contributed by atoms with Crippen molar-refractivity contribution in [3.8, 4) is 0 Å². The Kier molecular flexibility index (Phi) is 3.70. The zero-order chi connectivity index (χ0) is 12.3. The van der Waals surface area contributed by atoms with Crippen molar-refractivity contribution in [1.82, 2.24) is 4.98 Å². The van der Waals surface area contributed by atoms with E-state index in [4.69, 9.17) is 0 Å². The molecule has 0 unspecified atom stereocenters. The lowest BCUT2D eigenvalue weighted by atomic mass is 10.1. The third-order valence-corrected chi connectivity index (χ3v) is 1.89. The van der Waals surface area contributed by atoms with Gasteiger partial charge in [0.2, 0.25) is 0 Å². The molecule has 7 heteroatoms. The first-order chi connectivity index (χ1) is 7.45. The highest BCUT2D eigenvalue weighted by atomic mass is 19.3. The number of halogens is 3. The van der Waals surface area contributed by atoms with Crippen LogP contribution in [0.1, 0.15) is 17.7 Å². The van der Waals surface area contributed by atoms with Gasteiger partial charge in [-0.1, -0.05) is 0 Å². The van der Waals surface area contributed by atoms with Crippen molar-refractivity contribution < 1.29 is 22.7 Å². The molecule has 0 bridgehead atoms. The van der Waals surface area contributed by atoms with Gasteiger partial charge in [-0.25, -0.2) is 8.78 Å².